The molecule has 2 unspecified atom stereocenters. The first kappa shape index (κ1) is 13.1. The molecule has 0 aromatic rings. The second-order valence-electron chi connectivity index (χ2n) is 4.16. The molecule has 4 heteroatoms. The molecule has 0 aliphatic heterocycles. The van der Waals surface area contributed by atoms with Crippen LogP contribution in [-0.2, 0) is 9.53 Å². The third kappa shape index (κ3) is 4.60. The average Bonchev–Trinajstić information content (AvgIpc) is 2.26. The number of carbonyl (C=O) groups is 1. The lowest BCUT2D eigenvalue weighted by Gasteiger charge is -2.25. The molecule has 15 heavy (non-hydrogen) atoms. The van der Waals surface area contributed by atoms with Gasteiger partial charge in [-0.1, -0.05) is 19.3 Å². The van der Waals surface area contributed by atoms with Crippen molar-refractivity contribution in [1.29, 1.82) is 0 Å². The van der Waals surface area contributed by atoms with Crippen LogP contribution < -0.4 is 0 Å². The van der Waals surface area contributed by atoms with Gasteiger partial charge in [-0.3, -0.25) is 4.79 Å². The Kier molecular flexibility index (Phi) is 5.77. The first-order valence-electron chi connectivity index (χ1n) is 5.56. The smallest absolute Gasteiger partial charge is 0.323 e. The predicted octanol–water partition coefficient (Wildman–Crippen LogP) is 3.34. The van der Waals surface area contributed by atoms with Crippen molar-refractivity contribution in [2.24, 2.45) is 5.92 Å². The third-order valence-electron chi connectivity index (χ3n) is 2.87. The Labute approximate surface area is 101 Å². The molecule has 1 aliphatic rings. The Morgan fingerprint density at radius 3 is 2.47 bits per heavy atom. The number of carbonyl (C=O) groups excluding carboxylic acids is 1. The summed E-state index contributed by atoms with van der Waals surface area (Å²) in [5.74, 6) is 0.122. The van der Waals surface area contributed by atoms with Crippen molar-refractivity contribution < 1.29 is 9.53 Å². The zero-order valence-corrected chi connectivity index (χ0v) is 10.6. The van der Waals surface area contributed by atoms with Crippen molar-refractivity contribution in [1.82, 2.24) is 0 Å². The third-order valence-corrected chi connectivity index (χ3v) is 3.53. The van der Waals surface area contributed by atoms with Crippen molar-refractivity contribution in [2.75, 3.05) is 6.61 Å². The molecule has 88 valence electrons. The fourth-order valence-corrected chi connectivity index (χ4v) is 2.29. The lowest BCUT2D eigenvalue weighted by Crippen LogP contribution is -2.26. The molecule has 0 heterocycles. The Morgan fingerprint density at radius 1 is 1.33 bits per heavy atom. The van der Waals surface area contributed by atoms with E-state index in [-0.39, 0.29) is 11.3 Å². The molecule has 0 amide bonds. The van der Waals surface area contributed by atoms with Crippen molar-refractivity contribution in [3.63, 3.8) is 0 Å². The minimum Gasteiger partial charge on any atom is -0.463 e. The molecule has 0 bridgehead atoms. The van der Waals surface area contributed by atoms with E-state index >= 15 is 0 Å². The molecule has 1 rings (SSSR count). The Balaban J connectivity index is 2.22. The molecule has 2 atom stereocenters. The molecule has 0 N–H and O–H groups in total. The van der Waals surface area contributed by atoms with Crippen molar-refractivity contribution in [3.05, 3.63) is 0 Å². The maximum atomic E-state index is 11.1. The highest BCUT2D eigenvalue weighted by atomic mass is 35.5. The number of hydrogen-bond donors (Lipinski definition) is 0. The molecule has 1 saturated carbocycles. The van der Waals surface area contributed by atoms with E-state index in [1.807, 2.05) is 0 Å². The molecule has 0 aromatic carbocycles. The van der Waals surface area contributed by atoms with E-state index in [1.54, 1.807) is 6.92 Å². The Morgan fingerprint density at radius 2 is 1.93 bits per heavy atom. The van der Waals surface area contributed by atoms with E-state index in [1.165, 1.54) is 19.3 Å². The second-order valence-corrected chi connectivity index (χ2v) is 5.38. The molecule has 0 spiro atoms. The lowest BCUT2D eigenvalue weighted by molar-refractivity contribution is -0.143. The molecular weight excluding hydrogens is 235 g/mol. The highest BCUT2D eigenvalue weighted by molar-refractivity contribution is 6.29. The van der Waals surface area contributed by atoms with Gasteiger partial charge in [-0.25, -0.2) is 0 Å². The van der Waals surface area contributed by atoms with Crippen LogP contribution in [0, 0.1) is 5.92 Å². The topological polar surface area (TPSA) is 26.3 Å². The van der Waals surface area contributed by atoms with Crippen LogP contribution >= 0.6 is 23.2 Å². The minimum atomic E-state index is -0.583. The minimum absolute atomic E-state index is 0.0512. The number of halogens is 2. The number of ether oxygens (including phenoxy) is 1. The van der Waals surface area contributed by atoms with Crippen LogP contribution in [0.5, 0.6) is 0 Å². The average molecular weight is 253 g/mol. The van der Waals surface area contributed by atoms with Gasteiger partial charge in [0, 0.05) is 0 Å². The summed E-state index contributed by atoms with van der Waals surface area (Å²) < 4.78 is 5.02. The largest absolute Gasteiger partial charge is 0.463 e. The van der Waals surface area contributed by atoms with Crippen LogP contribution in [0.2, 0.25) is 0 Å². The molecule has 2 nitrogen and oxygen atoms in total. The molecule has 1 aliphatic carbocycles. The van der Waals surface area contributed by atoms with Gasteiger partial charge in [-0.2, -0.15) is 0 Å². The SMILES string of the molecule is CC(Cl)C(=O)OCC(Cl)C1CCCCC1. The van der Waals surface area contributed by atoms with Gasteiger partial charge in [0.25, 0.3) is 0 Å². The summed E-state index contributed by atoms with van der Waals surface area (Å²) in [6.45, 7) is 1.90. The highest BCUT2D eigenvalue weighted by Crippen LogP contribution is 2.29. The number of hydrogen-bond acceptors (Lipinski definition) is 2. The second kappa shape index (κ2) is 6.59. The number of esters is 1. The first-order valence-corrected chi connectivity index (χ1v) is 6.43. The molecule has 0 saturated heterocycles. The summed E-state index contributed by atoms with van der Waals surface area (Å²) in [5, 5.41) is -0.634. The fourth-order valence-electron chi connectivity index (χ4n) is 1.91. The highest BCUT2D eigenvalue weighted by Gasteiger charge is 2.23. The summed E-state index contributed by atoms with van der Waals surface area (Å²) >= 11 is 11.8. The Bertz CT molecular complexity index is 201. The van der Waals surface area contributed by atoms with E-state index in [0.29, 0.717) is 12.5 Å². The van der Waals surface area contributed by atoms with Crippen LogP contribution in [0.1, 0.15) is 39.0 Å². The summed E-state index contributed by atoms with van der Waals surface area (Å²) in [5.41, 5.74) is 0. The Hall–Kier alpha value is 0.0500. The summed E-state index contributed by atoms with van der Waals surface area (Å²) in [6.07, 6.45) is 6.10. The summed E-state index contributed by atoms with van der Waals surface area (Å²) in [4.78, 5) is 11.1. The molecule has 1 fully saturated rings. The van der Waals surface area contributed by atoms with Crippen LogP contribution in [0.4, 0.5) is 0 Å². The van der Waals surface area contributed by atoms with Gasteiger partial charge in [0.1, 0.15) is 12.0 Å². The zero-order valence-electron chi connectivity index (χ0n) is 9.05. The first-order chi connectivity index (χ1) is 7.11. The lowest BCUT2D eigenvalue weighted by atomic mass is 9.87. The van der Waals surface area contributed by atoms with E-state index < -0.39 is 5.38 Å². The van der Waals surface area contributed by atoms with Gasteiger partial charge in [-0.05, 0) is 25.7 Å². The zero-order chi connectivity index (χ0) is 11.3. The van der Waals surface area contributed by atoms with E-state index in [9.17, 15) is 4.79 Å². The van der Waals surface area contributed by atoms with Gasteiger partial charge in [0.2, 0.25) is 0 Å². The van der Waals surface area contributed by atoms with Gasteiger partial charge < -0.3 is 4.74 Å². The van der Waals surface area contributed by atoms with Crippen molar-refractivity contribution >= 4 is 29.2 Å². The van der Waals surface area contributed by atoms with Crippen LogP contribution in [0.3, 0.4) is 0 Å². The molecule has 0 radical (unpaired) electrons. The van der Waals surface area contributed by atoms with E-state index in [0.717, 1.165) is 12.8 Å². The fraction of sp³-hybridized carbons (Fsp3) is 0.909. The maximum Gasteiger partial charge on any atom is 0.323 e. The van der Waals surface area contributed by atoms with Crippen LogP contribution in [0.15, 0.2) is 0 Å². The van der Waals surface area contributed by atoms with Crippen molar-refractivity contribution in [2.45, 2.75) is 49.8 Å². The van der Waals surface area contributed by atoms with Crippen LogP contribution in [-0.4, -0.2) is 23.3 Å². The normalized spacial score (nSPS) is 22.1. The van der Waals surface area contributed by atoms with Gasteiger partial charge in [-0.15, -0.1) is 23.2 Å². The monoisotopic (exact) mass is 252 g/mol. The number of rotatable bonds is 4. The van der Waals surface area contributed by atoms with E-state index in [4.69, 9.17) is 27.9 Å². The quantitative estimate of drug-likeness (QED) is 0.567. The van der Waals surface area contributed by atoms with Crippen LogP contribution in [0.25, 0.3) is 0 Å². The van der Waals surface area contributed by atoms with E-state index in [2.05, 4.69) is 0 Å². The summed E-state index contributed by atoms with van der Waals surface area (Å²) in [6, 6.07) is 0. The predicted molar refractivity (Wildman–Crippen MR) is 62.5 cm³/mol. The summed E-state index contributed by atoms with van der Waals surface area (Å²) in [7, 11) is 0. The maximum absolute atomic E-state index is 11.1. The van der Waals surface area contributed by atoms with Gasteiger partial charge >= 0.3 is 5.97 Å². The number of alkyl halides is 2. The van der Waals surface area contributed by atoms with Crippen molar-refractivity contribution in [3.8, 4) is 0 Å². The van der Waals surface area contributed by atoms with Gasteiger partial charge in [0.05, 0.1) is 5.38 Å². The standard InChI is InChI=1S/C11H18Cl2O2/c1-8(12)11(14)15-7-10(13)9-5-3-2-4-6-9/h8-10H,2-7H2,1H3. The molecule has 0 aromatic heterocycles. The molecular formula is C11H18Cl2O2. The van der Waals surface area contributed by atoms with Gasteiger partial charge in [0.15, 0.2) is 0 Å².